The van der Waals surface area contributed by atoms with E-state index in [1.807, 2.05) is 48.7 Å². The maximum absolute atomic E-state index is 12.4. The molecule has 0 saturated heterocycles. The van der Waals surface area contributed by atoms with Crippen LogP contribution in [0.1, 0.15) is 28.7 Å². The maximum Gasteiger partial charge on any atom is 0.251 e. The third-order valence-electron chi connectivity index (χ3n) is 4.44. The predicted octanol–water partition coefficient (Wildman–Crippen LogP) is 3.25. The molecule has 0 radical (unpaired) electrons. The van der Waals surface area contributed by atoms with Crippen LogP contribution in [0.3, 0.4) is 0 Å². The molecule has 3 aromatic rings. The SMILES string of the molecule is Cc1ncn(-c2ccc(NC(=O)C(C)NC(=O)c3ccccc3)cc2)c1C. The van der Waals surface area contributed by atoms with Crippen molar-refractivity contribution in [1.82, 2.24) is 14.9 Å². The normalized spacial score (nSPS) is 11.7. The van der Waals surface area contributed by atoms with Gasteiger partial charge in [-0.05, 0) is 57.2 Å². The number of hydrogen-bond acceptors (Lipinski definition) is 3. The fourth-order valence-electron chi connectivity index (χ4n) is 2.65. The van der Waals surface area contributed by atoms with Gasteiger partial charge in [0.25, 0.3) is 5.91 Å². The summed E-state index contributed by atoms with van der Waals surface area (Å²) in [6, 6.07) is 15.6. The second-order valence-electron chi connectivity index (χ2n) is 6.38. The Morgan fingerprint density at radius 3 is 2.26 bits per heavy atom. The number of nitrogens with zero attached hydrogens (tertiary/aromatic N) is 2. The van der Waals surface area contributed by atoms with Crippen LogP contribution >= 0.6 is 0 Å². The number of imidazole rings is 1. The minimum absolute atomic E-state index is 0.276. The molecule has 6 nitrogen and oxygen atoms in total. The van der Waals surface area contributed by atoms with E-state index in [9.17, 15) is 9.59 Å². The highest BCUT2D eigenvalue weighted by molar-refractivity contribution is 6.00. The van der Waals surface area contributed by atoms with Crippen molar-refractivity contribution in [2.24, 2.45) is 0 Å². The lowest BCUT2D eigenvalue weighted by Crippen LogP contribution is -2.41. The molecule has 0 aliphatic rings. The van der Waals surface area contributed by atoms with Gasteiger partial charge < -0.3 is 15.2 Å². The second-order valence-corrected chi connectivity index (χ2v) is 6.38. The first-order valence-electron chi connectivity index (χ1n) is 8.73. The van der Waals surface area contributed by atoms with Crippen LogP contribution in [0, 0.1) is 13.8 Å². The van der Waals surface area contributed by atoms with E-state index in [0.717, 1.165) is 17.1 Å². The summed E-state index contributed by atoms with van der Waals surface area (Å²) in [7, 11) is 0. The van der Waals surface area contributed by atoms with E-state index in [4.69, 9.17) is 0 Å². The number of hydrogen-bond donors (Lipinski definition) is 2. The summed E-state index contributed by atoms with van der Waals surface area (Å²) in [4.78, 5) is 28.8. The standard InChI is InChI=1S/C21H22N4O2/c1-14-16(3)25(13-22-14)19-11-9-18(10-12-19)24-20(26)15(2)23-21(27)17-7-5-4-6-8-17/h4-13,15H,1-3H3,(H,23,27)(H,24,26). The van der Waals surface area contributed by atoms with Gasteiger partial charge in [0.15, 0.2) is 0 Å². The lowest BCUT2D eigenvalue weighted by atomic mass is 10.2. The van der Waals surface area contributed by atoms with Gasteiger partial charge in [-0.2, -0.15) is 0 Å². The Bertz CT molecular complexity index is 946. The summed E-state index contributed by atoms with van der Waals surface area (Å²) >= 11 is 0. The number of carbonyl (C=O) groups is 2. The number of nitrogens with one attached hydrogen (secondary N) is 2. The Morgan fingerprint density at radius 1 is 1.00 bits per heavy atom. The van der Waals surface area contributed by atoms with Crippen molar-refractivity contribution in [2.75, 3.05) is 5.32 Å². The molecule has 0 aliphatic heterocycles. The largest absolute Gasteiger partial charge is 0.341 e. The van der Waals surface area contributed by atoms with E-state index in [-0.39, 0.29) is 11.8 Å². The minimum Gasteiger partial charge on any atom is -0.341 e. The lowest BCUT2D eigenvalue weighted by Gasteiger charge is -2.14. The molecular formula is C21H22N4O2. The zero-order valence-electron chi connectivity index (χ0n) is 15.6. The van der Waals surface area contributed by atoms with Crippen LogP contribution in [0.15, 0.2) is 60.9 Å². The monoisotopic (exact) mass is 362 g/mol. The maximum atomic E-state index is 12.4. The first kappa shape index (κ1) is 18.4. The summed E-state index contributed by atoms with van der Waals surface area (Å²) in [5, 5.41) is 5.52. The molecule has 0 fully saturated rings. The second kappa shape index (κ2) is 7.86. The highest BCUT2D eigenvalue weighted by atomic mass is 16.2. The summed E-state index contributed by atoms with van der Waals surface area (Å²) in [6.07, 6.45) is 1.78. The Kier molecular flexibility index (Phi) is 5.35. The number of rotatable bonds is 5. The van der Waals surface area contributed by atoms with Crippen LogP contribution < -0.4 is 10.6 Å². The van der Waals surface area contributed by atoms with Crippen molar-refractivity contribution in [3.63, 3.8) is 0 Å². The topological polar surface area (TPSA) is 76.0 Å². The summed E-state index contributed by atoms with van der Waals surface area (Å²) in [5.74, 6) is -0.554. The summed E-state index contributed by atoms with van der Waals surface area (Å²) in [6.45, 7) is 5.63. The molecule has 0 bridgehead atoms. The first-order chi connectivity index (χ1) is 13.0. The van der Waals surface area contributed by atoms with Crippen molar-refractivity contribution in [1.29, 1.82) is 0 Å². The van der Waals surface area contributed by atoms with Crippen molar-refractivity contribution < 1.29 is 9.59 Å². The molecule has 1 heterocycles. The highest BCUT2D eigenvalue weighted by Crippen LogP contribution is 2.17. The molecule has 0 aliphatic carbocycles. The van der Waals surface area contributed by atoms with Gasteiger partial charge in [0.05, 0.1) is 12.0 Å². The Labute approximate surface area is 158 Å². The first-order valence-corrected chi connectivity index (χ1v) is 8.73. The molecule has 0 saturated carbocycles. The molecule has 1 unspecified atom stereocenters. The van der Waals surface area contributed by atoms with Crippen LogP contribution in [-0.4, -0.2) is 27.4 Å². The molecule has 2 aromatic carbocycles. The molecule has 1 aromatic heterocycles. The number of aromatic nitrogens is 2. The van der Waals surface area contributed by atoms with E-state index in [1.54, 1.807) is 37.5 Å². The van der Waals surface area contributed by atoms with Crippen molar-refractivity contribution >= 4 is 17.5 Å². The van der Waals surface area contributed by atoms with Gasteiger partial charge in [-0.3, -0.25) is 9.59 Å². The lowest BCUT2D eigenvalue weighted by molar-refractivity contribution is -0.117. The molecule has 2 amide bonds. The molecule has 0 spiro atoms. The molecular weight excluding hydrogens is 340 g/mol. The zero-order valence-corrected chi connectivity index (χ0v) is 15.6. The van der Waals surface area contributed by atoms with E-state index < -0.39 is 6.04 Å². The molecule has 1 atom stereocenters. The van der Waals surface area contributed by atoms with Gasteiger partial charge in [0, 0.05) is 22.6 Å². The Hall–Kier alpha value is -3.41. The average Bonchev–Trinajstić information content (AvgIpc) is 3.02. The van der Waals surface area contributed by atoms with Crippen LogP contribution in [-0.2, 0) is 4.79 Å². The number of anilines is 1. The van der Waals surface area contributed by atoms with E-state index in [1.165, 1.54) is 0 Å². The number of aryl methyl sites for hydroxylation is 1. The van der Waals surface area contributed by atoms with Crippen LogP contribution in [0.4, 0.5) is 5.69 Å². The predicted molar refractivity (Wildman–Crippen MR) is 105 cm³/mol. The number of amides is 2. The van der Waals surface area contributed by atoms with Crippen molar-refractivity contribution in [2.45, 2.75) is 26.8 Å². The van der Waals surface area contributed by atoms with Crippen LogP contribution in [0.2, 0.25) is 0 Å². The molecule has 3 rings (SSSR count). The van der Waals surface area contributed by atoms with E-state index >= 15 is 0 Å². The summed E-state index contributed by atoms with van der Waals surface area (Å²) in [5.41, 5.74) is 4.21. The fourth-order valence-corrected chi connectivity index (χ4v) is 2.65. The van der Waals surface area contributed by atoms with Gasteiger partial charge in [0.1, 0.15) is 6.04 Å². The Balaban J connectivity index is 1.62. The third kappa shape index (κ3) is 4.23. The minimum atomic E-state index is -0.657. The van der Waals surface area contributed by atoms with E-state index in [2.05, 4.69) is 15.6 Å². The molecule has 6 heteroatoms. The van der Waals surface area contributed by atoms with Gasteiger partial charge in [0.2, 0.25) is 5.91 Å². The van der Waals surface area contributed by atoms with Gasteiger partial charge in [-0.1, -0.05) is 18.2 Å². The third-order valence-corrected chi connectivity index (χ3v) is 4.44. The van der Waals surface area contributed by atoms with E-state index in [0.29, 0.717) is 11.3 Å². The van der Waals surface area contributed by atoms with Gasteiger partial charge in [-0.25, -0.2) is 4.98 Å². The fraction of sp³-hybridized carbons (Fsp3) is 0.190. The Morgan fingerprint density at radius 2 is 1.67 bits per heavy atom. The quantitative estimate of drug-likeness (QED) is 0.731. The molecule has 138 valence electrons. The summed E-state index contributed by atoms with van der Waals surface area (Å²) < 4.78 is 1.99. The average molecular weight is 362 g/mol. The van der Waals surface area contributed by atoms with Crippen LogP contribution in [0.5, 0.6) is 0 Å². The number of benzene rings is 2. The van der Waals surface area contributed by atoms with Crippen molar-refractivity contribution in [3.05, 3.63) is 77.9 Å². The smallest absolute Gasteiger partial charge is 0.251 e. The van der Waals surface area contributed by atoms with Gasteiger partial charge in [-0.15, -0.1) is 0 Å². The molecule has 2 N–H and O–H groups in total. The van der Waals surface area contributed by atoms with Crippen molar-refractivity contribution in [3.8, 4) is 5.69 Å². The zero-order chi connectivity index (χ0) is 19.4. The van der Waals surface area contributed by atoms with Gasteiger partial charge >= 0.3 is 0 Å². The highest BCUT2D eigenvalue weighted by Gasteiger charge is 2.16. The number of carbonyl (C=O) groups excluding carboxylic acids is 2. The van der Waals surface area contributed by atoms with Crippen LogP contribution in [0.25, 0.3) is 5.69 Å². The molecule has 27 heavy (non-hydrogen) atoms.